The van der Waals surface area contributed by atoms with Crippen molar-refractivity contribution in [3.8, 4) is 0 Å². The molecule has 0 aliphatic heterocycles. The zero-order chi connectivity index (χ0) is 24.1. The van der Waals surface area contributed by atoms with Gasteiger partial charge in [-0.05, 0) is 18.4 Å². The normalized spacial score (nSPS) is 14.4. The van der Waals surface area contributed by atoms with Gasteiger partial charge in [-0.1, -0.05) is 0 Å². The van der Waals surface area contributed by atoms with Gasteiger partial charge in [0, 0.05) is 5.75 Å². The first kappa shape index (κ1) is 28.5. The molecule has 4 atom stereocenters. The van der Waals surface area contributed by atoms with Crippen LogP contribution in [0.5, 0.6) is 0 Å². The summed E-state index contributed by atoms with van der Waals surface area (Å²) in [6.07, 6.45) is 0.843. The van der Waals surface area contributed by atoms with E-state index in [1.54, 1.807) is 6.26 Å². The SMILES string of the molecule is CSCC[C@H](NC(=O)[C@H](CS)NC(=O)[C@@H](N)CC(N)=O)C(=O)N[C@@H](CC(N)=O)C(=O)O. The highest BCUT2D eigenvalue weighted by Crippen LogP contribution is 2.04. The molecule has 5 amide bonds. The van der Waals surface area contributed by atoms with Crippen molar-refractivity contribution >= 4 is 59.9 Å². The Morgan fingerprint density at radius 2 is 1.35 bits per heavy atom. The van der Waals surface area contributed by atoms with Crippen LogP contribution in [0.2, 0.25) is 0 Å². The number of carbonyl (C=O) groups excluding carboxylic acids is 5. The van der Waals surface area contributed by atoms with Crippen LogP contribution < -0.4 is 33.2 Å². The number of hydrogen-bond acceptors (Lipinski definition) is 9. The summed E-state index contributed by atoms with van der Waals surface area (Å²) >= 11 is 5.37. The van der Waals surface area contributed by atoms with E-state index in [1.807, 2.05) is 0 Å². The van der Waals surface area contributed by atoms with Crippen molar-refractivity contribution in [2.45, 2.75) is 43.4 Å². The smallest absolute Gasteiger partial charge is 0.326 e. The zero-order valence-electron chi connectivity index (χ0n) is 16.8. The number of amides is 5. The van der Waals surface area contributed by atoms with E-state index >= 15 is 0 Å². The summed E-state index contributed by atoms with van der Waals surface area (Å²) in [6, 6.07) is -5.19. The third kappa shape index (κ3) is 11.4. The molecule has 15 heteroatoms. The summed E-state index contributed by atoms with van der Waals surface area (Å²) < 4.78 is 0. The molecule has 31 heavy (non-hydrogen) atoms. The van der Waals surface area contributed by atoms with Gasteiger partial charge < -0.3 is 38.3 Å². The Labute approximate surface area is 188 Å². The van der Waals surface area contributed by atoms with Crippen LogP contribution >= 0.6 is 24.4 Å². The van der Waals surface area contributed by atoms with Gasteiger partial charge in [-0.15, -0.1) is 0 Å². The Balaban J connectivity index is 5.24. The lowest BCUT2D eigenvalue weighted by atomic mass is 10.1. The molecule has 10 N–H and O–H groups in total. The number of aliphatic carboxylic acids is 1. The van der Waals surface area contributed by atoms with Crippen molar-refractivity contribution in [3.63, 3.8) is 0 Å². The maximum Gasteiger partial charge on any atom is 0.326 e. The van der Waals surface area contributed by atoms with Crippen LogP contribution in [0.1, 0.15) is 19.3 Å². The first-order valence-corrected chi connectivity index (χ1v) is 11.0. The number of carbonyl (C=O) groups is 6. The van der Waals surface area contributed by atoms with Gasteiger partial charge in [-0.3, -0.25) is 24.0 Å². The van der Waals surface area contributed by atoms with Crippen LogP contribution in [0.4, 0.5) is 0 Å². The molecule has 0 fully saturated rings. The third-order valence-corrected chi connectivity index (χ3v) is 4.85. The van der Waals surface area contributed by atoms with Crippen molar-refractivity contribution in [3.05, 3.63) is 0 Å². The second-order valence-electron chi connectivity index (χ2n) is 6.43. The van der Waals surface area contributed by atoms with Gasteiger partial charge in [-0.2, -0.15) is 24.4 Å². The van der Waals surface area contributed by atoms with Crippen molar-refractivity contribution in [1.29, 1.82) is 0 Å². The van der Waals surface area contributed by atoms with Crippen LogP contribution in [-0.4, -0.2) is 82.5 Å². The molecule has 13 nitrogen and oxygen atoms in total. The minimum atomic E-state index is -1.56. The molecule has 0 aromatic heterocycles. The van der Waals surface area contributed by atoms with Gasteiger partial charge in [0.2, 0.25) is 29.5 Å². The molecular weight excluding hydrogens is 452 g/mol. The van der Waals surface area contributed by atoms with E-state index in [1.165, 1.54) is 11.8 Å². The Kier molecular flexibility index (Phi) is 13.3. The number of primary amides is 2. The minimum absolute atomic E-state index is 0.135. The average molecular weight is 481 g/mol. The molecule has 0 unspecified atom stereocenters. The molecule has 0 spiro atoms. The van der Waals surface area contributed by atoms with Crippen molar-refractivity contribution < 1.29 is 33.9 Å². The van der Waals surface area contributed by atoms with E-state index in [2.05, 4.69) is 28.6 Å². The van der Waals surface area contributed by atoms with Crippen molar-refractivity contribution in [1.82, 2.24) is 16.0 Å². The number of thiol groups is 1. The van der Waals surface area contributed by atoms with Crippen LogP contribution in [0, 0.1) is 0 Å². The third-order valence-electron chi connectivity index (χ3n) is 3.84. The molecular formula is C16H28N6O7S2. The molecule has 0 aliphatic rings. The standard InChI is InChI=1S/C16H28N6O7S2/c1-31-3-2-8(14(26)21-9(16(28)29)5-12(19)24)20-15(27)10(6-30)22-13(25)7(17)4-11(18)23/h7-10,30H,2-6,17H2,1H3,(H2,18,23)(H2,19,24)(H,20,27)(H,21,26)(H,22,25)(H,28,29)/t7-,8-,9-,10-/m0/s1. The zero-order valence-corrected chi connectivity index (χ0v) is 18.5. The lowest BCUT2D eigenvalue weighted by Crippen LogP contribution is -2.58. The summed E-state index contributed by atoms with van der Waals surface area (Å²) in [5, 5.41) is 16.0. The van der Waals surface area contributed by atoms with E-state index in [0.717, 1.165) is 0 Å². The molecule has 0 bridgehead atoms. The molecule has 0 aromatic rings. The van der Waals surface area contributed by atoms with E-state index in [4.69, 9.17) is 22.3 Å². The second-order valence-corrected chi connectivity index (χ2v) is 7.78. The molecule has 0 saturated heterocycles. The average Bonchev–Trinajstić information content (AvgIpc) is 2.67. The number of nitrogens with one attached hydrogen (secondary N) is 3. The highest BCUT2D eigenvalue weighted by Gasteiger charge is 2.30. The van der Waals surface area contributed by atoms with Gasteiger partial charge in [0.05, 0.1) is 18.9 Å². The molecule has 0 aromatic carbocycles. The summed E-state index contributed by atoms with van der Waals surface area (Å²) in [4.78, 5) is 70.2. The summed E-state index contributed by atoms with van der Waals surface area (Å²) in [5.74, 6) is -5.35. The molecule has 0 saturated carbocycles. The fourth-order valence-corrected chi connectivity index (χ4v) is 2.96. The number of carboxylic acid groups (broad SMARTS) is 1. The Morgan fingerprint density at radius 1 is 0.871 bits per heavy atom. The number of nitrogens with two attached hydrogens (primary N) is 3. The molecule has 0 heterocycles. The van der Waals surface area contributed by atoms with Crippen LogP contribution in [0.3, 0.4) is 0 Å². The van der Waals surface area contributed by atoms with E-state index < -0.39 is 72.5 Å². The van der Waals surface area contributed by atoms with Crippen molar-refractivity contribution in [2.75, 3.05) is 17.8 Å². The Morgan fingerprint density at radius 3 is 1.81 bits per heavy atom. The summed E-state index contributed by atoms with van der Waals surface area (Å²) in [5.41, 5.74) is 15.5. The minimum Gasteiger partial charge on any atom is -0.480 e. The van der Waals surface area contributed by atoms with Crippen LogP contribution in [0.15, 0.2) is 0 Å². The lowest BCUT2D eigenvalue weighted by molar-refractivity contribution is -0.143. The molecule has 176 valence electrons. The number of thioether (sulfide) groups is 1. The lowest BCUT2D eigenvalue weighted by Gasteiger charge is -2.24. The number of carboxylic acids is 1. The highest BCUT2D eigenvalue weighted by molar-refractivity contribution is 7.98. The van der Waals surface area contributed by atoms with E-state index in [-0.39, 0.29) is 12.2 Å². The molecule has 0 aliphatic carbocycles. The number of rotatable bonds is 15. The van der Waals surface area contributed by atoms with Crippen LogP contribution in [-0.2, 0) is 28.8 Å². The largest absolute Gasteiger partial charge is 0.480 e. The highest BCUT2D eigenvalue weighted by atomic mass is 32.2. The van der Waals surface area contributed by atoms with Crippen molar-refractivity contribution in [2.24, 2.45) is 17.2 Å². The number of hydrogen-bond donors (Lipinski definition) is 8. The van der Waals surface area contributed by atoms with Gasteiger partial charge in [-0.25, -0.2) is 4.79 Å². The van der Waals surface area contributed by atoms with E-state index in [0.29, 0.717) is 5.75 Å². The fraction of sp³-hybridized carbons (Fsp3) is 0.625. The van der Waals surface area contributed by atoms with Gasteiger partial charge in [0.1, 0.15) is 18.1 Å². The second kappa shape index (κ2) is 14.5. The monoisotopic (exact) mass is 480 g/mol. The maximum atomic E-state index is 12.5. The predicted octanol–water partition coefficient (Wildman–Crippen LogP) is -3.71. The quantitative estimate of drug-likeness (QED) is 0.107. The van der Waals surface area contributed by atoms with Gasteiger partial charge in [0.15, 0.2) is 0 Å². The summed E-state index contributed by atoms with van der Waals surface area (Å²) in [6.45, 7) is 0. The first-order chi connectivity index (χ1) is 14.4. The van der Waals surface area contributed by atoms with Gasteiger partial charge >= 0.3 is 5.97 Å². The summed E-state index contributed by atoms with van der Waals surface area (Å²) in [7, 11) is 0. The van der Waals surface area contributed by atoms with Gasteiger partial charge in [0.25, 0.3) is 0 Å². The fourth-order valence-electron chi connectivity index (χ4n) is 2.23. The van der Waals surface area contributed by atoms with E-state index in [9.17, 15) is 28.8 Å². The molecule has 0 radical (unpaired) electrons. The van der Waals surface area contributed by atoms with Crippen LogP contribution in [0.25, 0.3) is 0 Å². The maximum absolute atomic E-state index is 12.5. The predicted molar refractivity (Wildman–Crippen MR) is 116 cm³/mol. The topological polar surface area (TPSA) is 237 Å². The Hall–Kier alpha value is -2.52. The molecule has 0 rings (SSSR count). The Bertz CT molecular complexity index is 693. The first-order valence-electron chi connectivity index (χ1n) is 8.98.